The van der Waals surface area contributed by atoms with Crippen LogP contribution < -0.4 is 14.8 Å². The Balaban J connectivity index is 1.19. The summed E-state index contributed by atoms with van der Waals surface area (Å²) in [4.78, 5) is 33.3. The molecular formula is C48H51N3O11. The molecule has 2 bridgehead atoms. The van der Waals surface area contributed by atoms with Gasteiger partial charge in [-0.25, -0.2) is 0 Å². The first-order valence-electron chi connectivity index (χ1n) is 21.4. The van der Waals surface area contributed by atoms with E-state index in [-0.39, 0.29) is 54.0 Å². The number of aromatic amines is 1. The highest BCUT2D eigenvalue weighted by molar-refractivity contribution is 6.13. The Kier molecular flexibility index (Phi) is 10.4. The lowest BCUT2D eigenvalue weighted by molar-refractivity contribution is -0.329. The van der Waals surface area contributed by atoms with E-state index in [1.807, 2.05) is 43.6 Å². The van der Waals surface area contributed by atoms with Crippen molar-refractivity contribution >= 4 is 39.4 Å². The average Bonchev–Trinajstić information content (AvgIpc) is 4.01. The van der Waals surface area contributed by atoms with Gasteiger partial charge in [0.2, 0.25) is 6.29 Å². The quantitative estimate of drug-likeness (QED) is 0.106. The zero-order chi connectivity index (χ0) is 43.0. The third-order valence-corrected chi connectivity index (χ3v) is 13.9. The number of ether oxygens (including phenoxy) is 4. The normalized spacial score (nSPS) is 28.5. The lowest BCUT2D eigenvalue weighted by atomic mass is 9.72. The first kappa shape index (κ1) is 40.7. The molecule has 5 aliphatic rings. The minimum atomic E-state index is -2.55. The Labute approximate surface area is 357 Å². The van der Waals surface area contributed by atoms with Crippen LogP contribution in [0.2, 0.25) is 0 Å². The van der Waals surface area contributed by atoms with Crippen LogP contribution >= 0.6 is 0 Å². The number of aromatic hydroxyl groups is 1. The number of aryl methyl sites for hydroxylation is 1. The van der Waals surface area contributed by atoms with E-state index in [1.165, 1.54) is 12.0 Å². The SMILES string of the molecule is CNCc1ccc2[nH]cc([C@H]3/C=C/c4c(OC)cc5c6c(c(C(=O)CN7Cc8ccccc8C7=O)c(O)c5c4O[C@H]4O[C@H](CO3)[C@@H](O)[C@H](O)[C@]4(O)CO)[C@@H]3CCC[C@@H]3CC6)c2c1. The van der Waals surface area contributed by atoms with Gasteiger partial charge in [-0.15, -0.1) is 0 Å². The number of hydrogen-bond acceptors (Lipinski definition) is 12. The molecular weight excluding hydrogens is 795 g/mol. The molecule has 14 heteroatoms. The van der Waals surface area contributed by atoms with E-state index >= 15 is 0 Å². The number of carbonyl (C=O) groups excluding carboxylic acids is 2. The summed E-state index contributed by atoms with van der Waals surface area (Å²) in [6.07, 6.45) is 2.15. The number of H-pyrrole nitrogens is 1. The van der Waals surface area contributed by atoms with Gasteiger partial charge in [-0.05, 0) is 103 Å². The third-order valence-electron chi connectivity index (χ3n) is 13.9. The van der Waals surface area contributed by atoms with Gasteiger partial charge >= 0.3 is 0 Å². The summed E-state index contributed by atoms with van der Waals surface area (Å²) < 4.78 is 25.5. The number of methoxy groups -OCH3 is 1. The van der Waals surface area contributed by atoms with Crippen molar-refractivity contribution in [1.29, 1.82) is 0 Å². The van der Waals surface area contributed by atoms with Gasteiger partial charge < -0.3 is 59.7 Å². The summed E-state index contributed by atoms with van der Waals surface area (Å²) in [7, 11) is 3.38. The van der Waals surface area contributed by atoms with Crippen LogP contribution in [0.15, 0.2) is 60.8 Å². The number of nitrogens with one attached hydrogen (secondary N) is 2. The van der Waals surface area contributed by atoms with Crippen molar-refractivity contribution in [3.63, 3.8) is 0 Å². The summed E-state index contributed by atoms with van der Waals surface area (Å²) in [5, 5.41) is 63.0. The number of ketones is 1. The van der Waals surface area contributed by atoms with Gasteiger partial charge in [0.25, 0.3) is 5.91 Å². The topological polar surface area (TPSA) is 203 Å². The van der Waals surface area contributed by atoms with Crippen molar-refractivity contribution in [2.75, 3.05) is 33.9 Å². The number of Topliss-reactive ketones (excluding diaryl/α,β-unsaturated/α-hetero) is 1. The largest absolute Gasteiger partial charge is 0.506 e. The minimum Gasteiger partial charge on any atom is -0.506 e. The van der Waals surface area contributed by atoms with Gasteiger partial charge in [-0.3, -0.25) is 9.59 Å². The van der Waals surface area contributed by atoms with Crippen LogP contribution in [0.1, 0.15) is 91.8 Å². The molecule has 0 radical (unpaired) electrons. The third kappa shape index (κ3) is 6.42. The van der Waals surface area contributed by atoms with Crippen LogP contribution in [0.4, 0.5) is 0 Å². The van der Waals surface area contributed by atoms with Crippen LogP contribution in [0.3, 0.4) is 0 Å². The van der Waals surface area contributed by atoms with Gasteiger partial charge in [-0.2, -0.15) is 0 Å². The molecule has 3 aliphatic heterocycles. The number of phenols is 1. The van der Waals surface area contributed by atoms with Crippen LogP contribution in [0, 0.1) is 5.92 Å². The van der Waals surface area contributed by atoms with E-state index in [0.717, 1.165) is 64.4 Å². The fourth-order valence-corrected chi connectivity index (χ4v) is 10.8. The van der Waals surface area contributed by atoms with Crippen LogP contribution in [-0.2, 0) is 29.0 Å². The van der Waals surface area contributed by atoms with E-state index in [9.17, 15) is 35.1 Å². The van der Waals surface area contributed by atoms with Crippen LogP contribution in [0.5, 0.6) is 17.2 Å². The molecule has 5 aromatic rings. The first-order chi connectivity index (χ1) is 30.0. The number of aliphatic hydroxyl groups excluding tert-OH is 3. The number of amides is 1. The molecule has 4 aromatic carbocycles. The second-order valence-electron chi connectivity index (χ2n) is 17.4. The standard InChI is InChI=1S/C48H51N3O11/c1-49-18-24-10-14-34-31(16-24)33(19-50-34)36-15-13-30-37(59-2)17-32-29-12-11-25-7-5-9-27(25)39(29)41(35(53)21-51-20-26-6-3-4-8-28(26)46(51)57)43(55)40(32)44(30)62-47-48(58,23-52)45(56)42(54)38(61-47)22-60-36/h3-4,6,8,10,13-17,19,25,27,36,38,42,45,47,49-50,52,54-56,58H,5,7,9,11-12,18,20-23H2,1-2H3/b15-13+/t25-,27-,36-,38-,42-,45+,47-,48-/m1/s1. The lowest BCUT2D eigenvalue weighted by Gasteiger charge is -2.47. The number of benzene rings is 4. The summed E-state index contributed by atoms with van der Waals surface area (Å²) in [6, 6.07) is 15.2. The molecule has 8 atom stereocenters. The predicted molar refractivity (Wildman–Crippen MR) is 228 cm³/mol. The molecule has 1 aromatic heterocycles. The molecule has 10 rings (SSSR count). The van der Waals surface area contributed by atoms with E-state index in [0.29, 0.717) is 41.1 Å². The Morgan fingerprint density at radius 1 is 1.10 bits per heavy atom. The second kappa shape index (κ2) is 15.8. The van der Waals surface area contributed by atoms with Crippen molar-refractivity contribution < 1.29 is 54.1 Å². The molecule has 0 unspecified atom stereocenters. The zero-order valence-electron chi connectivity index (χ0n) is 34.6. The van der Waals surface area contributed by atoms with E-state index < -0.39 is 48.7 Å². The van der Waals surface area contributed by atoms with Crippen molar-refractivity contribution in [3.05, 3.63) is 105 Å². The highest BCUT2D eigenvalue weighted by Crippen LogP contribution is 2.55. The first-order valence-corrected chi connectivity index (χ1v) is 21.4. The maximum Gasteiger partial charge on any atom is 0.254 e. The molecule has 14 nitrogen and oxygen atoms in total. The molecule has 1 saturated carbocycles. The van der Waals surface area contributed by atoms with Gasteiger partial charge in [0.15, 0.2) is 11.4 Å². The maximum absolute atomic E-state index is 14.9. The molecule has 324 valence electrons. The number of aromatic nitrogens is 1. The Bertz CT molecular complexity index is 2640. The van der Waals surface area contributed by atoms with Crippen molar-refractivity contribution in [2.24, 2.45) is 5.92 Å². The Hall–Kier alpha value is -5.32. The number of phenolic OH excluding ortho intramolecular Hbond substituents is 1. The average molecular weight is 846 g/mol. The number of fused-ring (bicyclic) bond motifs is 11. The predicted octanol–water partition coefficient (Wildman–Crippen LogP) is 4.76. The zero-order valence-corrected chi connectivity index (χ0v) is 34.6. The monoisotopic (exact) mass is 845 g/mol. The number of nitrogens with zero attached hydrogens (tertiary/aromatic N) is 1. The molecule has 1 saturated heterocycles. The Morgan fingerprint density at radius 3 is 2.73 bits per heavy atom. The molecule has 7 N–H and O–H groups in total. The summed E-state index contributed by atoms with van der Waals surface area (Å²) in [6.45, 7) is -0.701. The fraction of sp³-hybridized carbons (Fsp3) is 0.417. The number of rotatable bonds is 8. The molecule has 2 aliphatic carbocycles. The van der Waals surface area contributed by atoms with Gasteiger partial charge in [0.1, 0.15) is 41.7 Å². The minimum absolute atomic E-state index is 0.00442. The van der Waals surface area contributed by atoms with Crippen molar-refractivity contribution in [2.45, 2.75) is 87.4 Å². The molecule has 62 heavy (non-hydrogen) atoms. The van der Waals surface area contributed by atoms with Crippen LogP contribution in [0.25, 0.3) is 27.8 Å². The molecule has 1 amide bonds. The van der Waals surface area contributed by atoms with E-state index in [4.69, 9.17) is 18.9 Å². The van der Waals surface area contributed by atoms with Crippen molar-refractivity contribution in [1.82, 2.24) is 15.2 Å². The summed E-state index contributed by atoms with van der Waals surface area (Å²) >= 11 is 0. The van der Waals surface area contributed by atoms with Gasteiger partial charge in [-0.1, -0.05) is 36.8 Å². The molecule has 0 spiro atoms. The highest BCUT2D eigenvalue weighted by Gasteiger charge is 2.57. The number of aliphatic hydroxyl groups is 4. The van der Waals surface area contributed by atoms with E-state index in [1.54, 1.807) is 24.3 Å². The highest BCUT2D eigenvalue weighted by atomic mass is 16.7. The fourth-order valence-electron chi connectivity index (χ4n) is 10.8. The lowest BCUT2D eigenvalue weighted by Crippen LogP contribution is -2.69. The van der Waals surface area contributed by atoms with Gasteiger partial charge in [0, 0.05) is 41.3 Å². The second-order valence-corrected chi connectivity index (χ2v) is 17.4. The number of hydrogen-bond donors (Lipinski definition) is 7. The number of carbonyl (C=O) groups is 2. The van der Waals surface area contributed by atoms with E-state index in [2.05, 4.69) is 16.4 Å². The summed E-state index contributed by atoms with van der Waals surface area (Å²) in [5.74, 6) is -0.414. The summed E-state index contributed by atoms with van der Waals surface area (Å²) in [5.41, 5.74) is 3.53. The molecule has 2 fully saturated rings. The molecule has 4 heterocycles. The van der Waals surface area contributed by atoms with Crippen molar-refractivity contribution in [3.8, 4) is 17.2 Å². The Morgan fingerprint density at radius 2 is 1.94 bits per heavy atom. The smallest absolute Gasteiger partial charge is 0.254 e. The maximum atomic E-state index is 14.9. The van der Waals surface area contributed by atoms with Gasteiger partial charge in [0.05, 0.1) is 43.4 Å². The van der Waals surface area contributed by atoms with Crippen LogP contribution in [-0.4, -0.2) is 111 Å².